The number of carbonyl (C=O) groups is 1. The molecule has 3 heterocycles. The number of rotatable bonds is 4. The average Bonchev–Trinajstić information content (AvgIpc) is 3.23. The monoisotopic (exact) mass is 402 g/mol. The average molecular weight is 402 g/mol. The van der Waals surface area contributed by atoms with Gasteiger partial charge in [-0.2, -0.15) is 0 Å². The molecule has 2 aromatic carbocycles. The quantitative estimate of drug-likeness (QED) is 0.714. The molecule has 6 rings (SSSR count). The molecule has 0 atom stereocenters. The van der Waals surface area contributed by atoms with Crippen molar-refractivity contribution in [3.63, 3.8) is 0 Å². The number of anilines is 1. The van der Waals surface area contributed by atoms with E-state index in [-0.39, 0.29) is 19.5 Å². The number of ether oxygens (including phenoxy) is 4. The van der Waals surface area contributed by atoms with E-state index in [0.29, 0.717) is 11.6 Å². The van der Waals surface area contributed by atoms with Crippen LogP contribution in [-0.4, -0.2) is 24.5 Å². The van der Waals surface area contributed by atoms with Crippen molar-refractivity contribution >= 4 is 11.7 Å². The van der Waals surface area contributed by atoms with Gasteiger partial charge in [0.15, 0.2) is 23.0 Å². The lowest BCUT2D eigenvalue weighted by Gasteiger charge is -2.16. The van der Waals surface area contributed by atoms with E-state index in [9.17, 15) is 4.79 Å². The fourth-order valence-corrected chi connectivity index (χ4v) is 3.92. The number of hydrogen-bond acceptors (Lipinski definition) is 6. The van der Waals surface area contributed by atoms with Crippen molar-refractivity contribution in [3.05, 3.63) is 60.3 Å². The second kappa shape index (κ2) is 6.38. The van der Waals surface area contributed by atoms with Crippen molar-refractivity contribution in [3.8, 4) is 34.1 Å². The maximum Gasteiger partial charge on any atom is 0.236 e. The standard InChI is InChI=1S/C23H18N2O5/c26-22(23(7-8-23)16-3-5-18-20(10-16)30-13-28-18)25-21-6-2-15(11-24-21)14-1-4-17-19(9-14)29-12-27-17/h1-6,9-11H,7-8,12-13H2,(H,24,25,26). The highest BCUT2D eigenvalue weighted by Gasteiger charge is 2.51. The van der Waals surface area contributed by atoms with Crippen molar-refractivity contribution in [2.75, 3.05) is 18.9 Å². The van der Waals surface area contributed by atoms with Crippen molar-refractivity contribution in [1.29, 1.82) is 0 Å². The lowest BCUT2D eigenvalue weighted by molar-refractivity contribution is -0.118. The molecule has 2 aliphatic heterocycles. The molecule has 30 heavy (non-hydrogen) atoms. The van der Waals surface area contributed by atoms with E-state index >= 15 is 0 Å². The Morgan fingerprint density at radius 1 is 0.800 bits per heavy atom. The molecule has 0 spiro atoms. The first-order chi connectivity index (χ1) is 14.7. The fraction of sp³-hybridized carbons (Fsp3) is 0.217. The van der Waals surface area contributed by atoms with Crippen LogP contribution in [0.15, 0.2) is 54.7 Å². The second-order valence-electron chi connectivity index (χ2n) is 7.60. The number of carbonyl (C=O) groups excluding carboxylic acids is 1. The summed E-state index contributed by atoms with van der Waals surface area (Å²) in [5, 5.41) is 2.96. The highest BCUT2D eigenvalue weighted by atomic mass is 16.7. The normalized spacial score (nSPS) is 16.9. The van der Waals surface area contributed by atoms with Gasteiger partial charge in [-0.05, 0) is 60.4 Å². The number of aromatic nitrogens is 1. The lowest BCUT2D eigenvalue weighted by atomic mass is 9.94. The maximum absolute atomic E-state index is 13.0. The fourth-order valence-electron chi connectivity index (χ4n) is 3.92. The van der Waals surface area contributed by atoms with Crippen molar-refractivity contribution < 1.29 is 23.7 Å². The van der Waals surface area contributed by atoms with Crippen molar-refractivity contribution in [1.82, 2.24) is 4.98 Å². The Morgan fingerprint density at radius 2 is 1.47 bits per heavy atom. The zero-order valence-corrected chi connectivity index (χ0v) is 16.0. The number of nitrogens with one attached hydrogen (secondary N) is 1. The van der Waals surface area contributed by atoms with E-state index in [2.05, 4.69) is 10.3 Å². The summed E-state index contributed by atoms with van der Waals surface area (Å²) in [5.74, 6) is 3.35. The van der Waals surface area contributed by atoms with Crippen molar-refractivity contribution in [2.45, 2.75) is 18.3 Å². The molecule has 3 aromatic rings. The first-order valence-corrected chi connectivity index (χ1v) is 9.79. The molecule has 7 heteroatoms. The van der Waals surface area contributed by atoms with Crippen molar-refractivity contribution in [2.24, 2.45) is 0 Å². The summed E-state index contributed by atoms with van der Waals surface area (Å²) in [7, 11) is 0. The number of fused-ring (bicyclic) bond motifs is 2. The molecule has 1 aliphatic carbocycles. The van der Waals surface area contributed by atoms with Crippen LogP contribution in [0.25, 0.3) is 11.1 Å². The number of hydrogen-bond donors (Lipinski definition) is 1. The maximum atomic E-state index is 13.0. The van der Waals surface area contributed by atoms with E-state index in [0.717, 1.165) is 46.8 Å². The van der Waals surface area contributed by atoms with Gasteiger partial charge >= 0.3 is 0 Å². The zero-order valence-electron chi connectivity index (χ0n) is 16.0. The number of amides is 1. The Bertz CT molecular complexity index is 1150. The molecule has 1 aromatic heterocycles. The molecule has 1 N–H and O–H groups in total. The highest BCUT2D eigenvalue weighted by Crippen LogP contribution is 2.51. The van der Waals surface area contributed by atoms with Gasteiger partial charge < -0.3 is 24.3 Å². The topological polar surface area (TPSA) is 78.9 Å². The molecule has 150 valence electrons. The van der Waals surface area contributed by atoms with Crippen LogP contribution in [0.3, 0.4) is 0 Å². The van der Waals surface area contributed by atoms with Crippen LogP contribution in [0, 0.1) is 0 Å². The summed E-state index contributed by atoms with van der Waals surface area (Å²) in [4.78, 5) is 17.5. The lowest BCUT2D eigenvalue weighted by Crippen LogP contribution is -2.28. The Hall–Kier alpha value is -3.74. The van der Waals surface area contributed by atoms with Crippen LogP contribution in [0.5, 0.6) is 23.0 Å². The van der Waals surface area contributed by atoms with E-state index in [1.54, 1.807) is 6.20 Å². The molecular weight excluding hydrogens is 384 g/mol. The van der Waals surface area contributed by atoms with E-state index in [1.807, 2.05) is 48.5 Å². The van der Waals surface area contributed by atoms with Crippen LogP contribution in [0.1, 0.15) is 18.4 Å². The van der Waals surface area contributed by atoms with Gasteiger partial charge in [0, 0.05) is 11.8 Å². The van der Waals surface area contributed by atoms with E-state index in [1.165, 1.54) is 0 Å². The molecule has 1 fully saturated rings. The molecular formula is C23H18N2O5. The van der Waals surface area contributed by atoms with Crippen LogP contribution in [-0.2, 0) is 10.2 Å². The van der Waals surface area contributed by atoms with Gasteiger partial charge in [0.1, 0.15) is 5.82 Å². The number of benzene rings is 2. The summed E-state index contributed by atoms with van der Waals surface area (Å²) in [6.45, 7) is 0.463. The Labute approximate surface area is 172 Å². The third-order valence-corrected chi connectivity index (χ3v) is 5.82. The SMILES string of the molecule is O=C(Nc1ccc(-c2ccc3c(c2)OCO3)cn1)C1(c2ccc3c(c2)OCO3)CC1. The molecule has 0 saturated heterocycles. The molecule has 3 aliphatic rings. The van der Waals surface area contributed by atoms with Gasteiger partial charge in [0.25, 0.3) is 0 Å². The third-order valence-electron chi connectivity index (χ3n) is 5.82. The molecule has 7 nitrogen and oxygen atoms in total. The molecule has 1 saturated carbocycles. The molecule has 0 unspecified atom stereocenters. The summed E-state index contributed by atoms with van der Waals surface area (Å²) >= 11 is 0. The highest BCUT2D eigenvalue weighted by molar-refractivity contribution is 6.01. The molecule has 0 radical (unpaired) electrons. The number of nitrogens with zero attached hydrogens (tertiary/aromatic N) is 1. The van der Waals surface area contributed by atoms with Crippen LogP contribution in [0.2, 0.25) is 0 Å². The van der Waals surface area contributed by atoms with Crippen LogP contribution in [0.4, 0.5) is 5.82 Å². The Balaban J connectivity index is 1.20. The smallest absolute Gasteiger partial charge is 0.236 e. The first-order valence-electron chi connectivity index (χ1n) is 9.79. The zero-order chi connectivity index (χ0) is 20.1. The van der Waals surface area contributed by atoms with E-state index in [4.69, 9.17) is 18.9 Å². The predicted molar refractivity (Wildman–Crippen MR) is 108 cm³/mol. The predicted octanol–water partition coefficient (Wildman–Crippen LogP) is 3.88. The van der Waals surface area contributed by atoms with Gasteiger partial charge in [-0.25, -0.2) is 4.98 Å². The van der Waals surface area contributed by atoms with Gasteiger partial charge in [-0.3, -0.25) is 4.79 Å². The third kappa shape index (κ3) is 2.74. The first kappa shape index (κ1) is 17.1. The minimum absolute atomic E-state index is 0.0512. The van der Waals surface area contributed by atoms with Gasteiger partial charge in [-0.15, -0.1) is 0 Å². The molecule has 1 amide bonds. The van der Waals surface area contributed by atoms with E-state index < -0.39 is 5.41 Å². The summed E-state index contributed by atoms with van der Waals surface area (Å²) in [6.07, 6.45) is 3.34. The van der Waals surface area contributed by atoms with Gasteiger partial charge in [-0.1, -0.05) is 12.1 Å². The van der Waals surface area contributed by atoms with Crippen LogP contribution >= 0.6 is 0 Å². The second-order valence-corrected chi connectivity index (χ2v) is 7.60. The minimum Gasteiger partial charge on any atom is -0.454 e. The minimum atomic E-state index is -0.529. The van der Waals surface area contributed by atoms with Gasteiger partial charge in [0.05, 0.1) is 5.41 Å². The number of pyridine rings is 1. The summed E-state index contributed by atoms with van der Waals surface area (Å²) < 4.78 is 21.6. The summed E-state index contributed by atoms with van der Waals surface area (Å²) in [5.41, 5.74) is 2.33. The molecule has 0 bridgehead atoms. The summed E-state index contributed by atoms with van der Waals surface area (Å²) in [6, 6.07) is 15.2. The Kier molecular flexibility index (Phi) is 3.65. The van der Waals surface area contributed by atoms with Gasteiger partial charge in [0.2, 0.25) is 19.5 Å². The Morgan fingerprint density at radius 3 is 2.17 bits per heavy atom. The van der Waals surface area contributed by atoms with Crippen LogP contribution < -0.4 is 24.3 Å². The largest absolute Gasteiger partial charge is 0.454 e.